The van der Waals surface area contributed by atoms with Crippen LogP contribution in [0.3, 0.4) is 0 Å². The van der Waals surface area contributed by atoms with Crippen molar-refractivity contribution in [3.8, 4) is 6.07 Å². The maximum absolute atomic E-state index is 10.6. The van der Waals surface area contributed by atoms with E-state index in [0.29, 0.717) is 0 Å². The minimum absolute atomic E-state index is 0.0102. The van der Waals surface area contributed by atoms with E-state index < -0.39 is 5.24 Å². The van der Waals surface area contributed by atoms with Crippen LogP contribution in [0, 0.1) is 11.3 Å². The maximum atomic E-state index is 10.6. The second kappa shape index (κ2) is 3.53. The van der Waals surface area contributed by atoms with Crippen molar-refractivity contribution in [1.29, 1.82) is 5.26 Å². The fraction of sp³-hybridized carbons (Fsp3) is 0. The van der Waals surface area contributed by atoms with Crippen LogP contribution in [0.5, 0.6) is 0 Å². The van der Waals surface area contributed by atoms with E-state index >= 15 is 0 Å². The Labute approximate surface area is 78.5 Å². The SMILES string of the molecule is N#Cc1ccc(C(=O)Cl)nc1Cl. The molecule has 0 unspecified atom stereocenters. The largest absolute Gasteiger partial charge is 0.274 e. The topological polar surface area (TPSA) is 53.8 Å². The molecule has 1 rings (SSSR count). The minimum atomic E-state index is -0.693. The van der Waals surface area contributed by atoms with Crippen molar-refractivity contribution in [2.75, 3.05) is 0 Å². The second-order valence-electron chi connectivity index (χ2n) is 1.92. The summed E-state index contributed by atoms with van der Waals surface area (Å²) in [7, 11) is 0. The van der Waals surface area contributed by atoms with Gasteiger partial charge in [0.1, 0.15) is 16.9 Å². The highest BCUT2D eigenvalue weighted by molar-refractivity contribution is 6.67. The molecule has 0 saturated heterocycles. The molecule has 0 bridgehead atoms. The summed E-state index contributed by atoms with van der Waals surface area (Å²) in [6.07, 6.45) is 0. The highest BCUT2D eigenvalue weighted by atomic mass is 35.5. The number of nitriles is 1. The number of carbonyl (C=O) groups is 1. The quantitative estimate of drug-likeness (QED) is 0.515. The van der Waals surface area contributed by atoms with Gasteiger partial charge in [-0.05, 0) is 23.7 Å². The number of aromatic nitrogens is 1. The summed E-state index contributed by atoms with van der Waals surface area (Å²) in [5, 5.41) is 7.75. The van der Waals surface area contributed by atoms with Crippen LogP contribution in [0.2, 0.25) is 5.15 Å². The van der Waals surface area contributed by atoms with Crippen LogP contribution in [0.25, 0.3) is 0 Å². The lowest BCUT2D eigenvalue weighted by Gasteiger charge is -1.94. The van der Waals surface area contributed by atoms with Gasteiger partial charge in [0.25, 0.3) is 5.24 Å². The number of nitrogens with zero attached hydrogens (tertiary/aromatic N) is 2. The third-order valence-corrected chi connectivity index (χ3v) is 1.65. The summed E-state index contributed by atoms with van der Waals surface area (Å²) < 4.78 is 0. The molecule has 0 radical (unpaired) electrons. The molecule has 0 aliphatic rings. The fourth-order valence-electron chi connectivity index (χ4n) is 0.627. The number of halogens is 2. The first-order valence-corrected chi connectivity index (χ1v) is 3.67. The van der Waals surface area contributed by atoms with Gasteiger partial charge in [-0.15, -0.1) is 0 Å². The smallest absolute Gasteiger partial charge is 0.270 e. The molecule has 5 heteroatoms. The van der Waals surface area contributed by atoms with Crippen LogP contribution < -0.4 is 0 Å². The molecule has 1 aromatic rings. The van der Waals surface area contributed by atoms with Crippen molar-refractivity contribution in [2.24, 2.45) is 0 Å². The van der Waals surface area contributed by atoms with Crippen LogP contribution in [0.1, 0.15) is 16.1 Å². The molecular formula is C7H2Cl2N2O. The molecule has 0 aromatic carbocycles. The fourth-order valence-corrected chi connectivity index (χ4v) is 0.929. The molecule has 0 N–H and O–H groups in total. The van der Waals surface area contributed by atoms with Crippen LogP contribution in [0.15, 0.2) is 12.1 Å². The Morgan fingerprint density at radius 1 is 1.58 bits per heavy atom. The van der Waals surface area contributed by atoms with Crippen LogP contribution in [-0.2, 0) is 0 Å². The monoisotopic (exact) mass is 200 g/mol. The van der Waals surface area contributed by atoms with Gasteiger partial charge >= 0.3 is 0 Å². The van der Waals surface area contributed by atoms with E-state index in [4.69, 9.17) is 28.5 Å². The van der Waals surface area contributed by atoms with E-state index in [0.717, 1.165) is 0 Å². The number of pyridine rings is 1. The Kier molecular flexibility index (Phi) is 2.64. The predicted octanol–water partition coefficient (Wildman–Crippen LogP) is 1.99. The van der Waals surface area contributed by atoms with Crippen LogP contribution >= 0.6 is 23.2 Å². The van der Waals surface area contributed by atoms with Gasteiger partial charge in [0, 0.05) is 0 Å². The minimum Gasteiger partial charge on any atom is -0.274 e. The molecule has 0 amide bonds. The van der Waals surface area contributed by atoms with Crippen molar-refractivity contribution in [3.63, 3.8) is 0 Å². The normalized spacial score (nSPS) is 9.08. The summed E-state index contributed by atoms with van der Waals surface area (Å²) in [5.41, 5.74) is 0.263. The van der Waals surface area contributed by atoms with Gasteiger partial charge in [-0.3, -0.25) is 4.79 Å². The van der Waals surface area contributed by atoms with Gasteiger partial charge in [0.2, 0.25) is 0 Å². The van der Waals surface area contributed by atoms with Crippen molar-refractivity contribution in [3.05, 3.63) is 28.5 Å². The zero-order valence-electron chi connectivity index (χ0n) is 5.71. The van der Waals surface area contributed by atoms with Crippen molar-refractivity contribution in [1.82, 2.24) is 4.98 Å². The Morgan fingerprint density at radius 3 is 2.67 bits per heavy atom. The average molecular weight is 201 g/mol. The molecule has 12 heavy (non-hydrogen) atoms. The summed E-state index contributed by atoms with van der Waals surface area (Å²) in [4.78, 5) is 14.2. The molecular weight excluding hydrogens is 199 g/mol. The zero-order valence-corrected chi connectivity index (χ0v) is 7.23. The van der Waals surface area contributed by atoms with Gasteiger partial charge in [-0.2, -0.15) is 5.26 Å². The Balaban J connectivity index is 3.21. The van der Waals surface area contributed by atoms with E-state index in [9.17, 15) is 4.79 Å². The zero-order chi connectivity index (χ0) is 9.14. The highest BCUT2D eigenvalue weighted by Gasteiger charge is 2.06. The van der Waals surface area contributed by atoms with E-state index in [1.54, 1.807) is 0 Å². The first kappa shape index (κ1) is 8.98. The number of hydrogen-bond donors (Lipinski definition) is 0. The summed E-state index contributed by atoms with van der Waals surface area (Å²) >= 11 is 10.7. The van der Waals surface area contributed by atoms with Gasteiger partial charge in [-0.25, -0.2) is 4.98 Å². The molecule has 0 fully saturated rings. The maximum Gasteiger partial charge on any atom is 0.270 e. The summed E-state index contributed by atoms with van der Waals surface area (Å²) in [6.45, 7) is 0. The molecule has 3 nitrogen and oxygen atoms in total. The van der Waals surface area contributed by atoms with Crippen molar-refractivity contribution < 1.29 is 4.79 Å². The number of rotatable bonds is 1. The number of hydrogen-bond acceptors (Lipinski definition) is 3. The Bertz CT molecular complexity index is 370. The molecule has 60 valence electrons. The van der Waals surface area contributed by atoms with Gasteiger partial charge in [-0.1, -0.05) is 11.6 Å². The van der Waals surface area contributed by atoms with E-state index in [-0.39, 0.29) is 16.4 Å². The molecule has 0 aliphatic carbocycles. The molecule has 1 aromatic heterocycles. The summed E-state index contributed by atoms with van der Waals surface area (Å²) in [6, 6.07) is 4.55. The summed E-state index contributed by atoms with van der Waals surface area (Å²) in [5.74, 6) is 0. The predicted molar refractivity (Wildman–Crippen MR) is 44.1 cm³/mol. The lowest BCUT2D eigenvalue weighted by Crippen LogP contribution is -1.94. The van der Waals surface area contributed by atoms with E-state index in [1.807, 2.05) is 6.07 Å². The first-order valence-electron chi connectivity index (χ1n) is 2.91. The molecule has 0 saturated carbocycles. The van der Waals surface area contributed by atoms with Gasteiger partial charge < -0.3 is 0 Å². The van der Waals surface area contributed by atoms with Gasteiger partial charge in [0.15, 0.2) is 0 Å². The molecule has 0 aliphatic heterocycles. The molecule has 0 atom stereocenters. The number of carbonyl (C=O) groups excluding carboxylic acids is 1. The van der Waals surface area contributed by atoms with Crippen LogP contribution in [0.4, 0.5) is 0 Å². The standard InChI is InChI=1S/C7H2Cl2N2O/c8-6-4(3-10)1-2-5(11-6)7(9)12/h1-2H. The third-order valence-electron chi connectivity index (χ3n) is 1.17. The second-order valence-corrected chi connectivity index (χ2v) is 2.62. The molecule has 1 heterocycles. The lowest BCUT2D eigenvalue weighted by molar-refractivity contribution is 0.107. The lowest BCUT2D eigenvalue weighted by atomic mass is 10.3. The van der Waals surface area contributed by atoms with Crippen molar-refractivity contribution in [2.45, 2.75) is 0 Å². The van der Waals surface area contributed by atoms with E-state index in [1.165, 1.54) is 12.1 Å². The Hall–Kier alpha value is -1.11. The van der Waals surface area contributed by atoms with E-state index in [2.05, 4.69) is 4.98 Å². The molecule has 0 spiro atoms. The Morgan fingerprint density at radius 2 is 2.25 bits per heavy atom. The first-order chi connectivity index (χ1) is 5.65. The average Bonchev–Trinajstić information content (AvgIpc) is 2.04. The highest BCUT2D eigenvalue weighted by Crippen LogP contribution is 2.13. The van der Waals surface area contributed by atoms with Crippen molar-refractivity contribution >= 4 is 28.4 Å². The third kappa shape index (κ3) is 1.73. The van der Waals surface area contributed by atoms with Crippen LogP contribution in [-0.4, -0.2) is 10.2 Å². The van der Waals surface area contributed by atoms with Gasteiger partial charge in [0.05, 0.1) is 5.56 Å².